The summed E-state index contributed by atoms with van der Waals surface area (Å²) in [4.78, 5) is 24.6. The predicted molar refractivity (Wildman–Crippen MR) is 69.0 cm³/mol. The fourth-order valence-electron chi connectivity index (χ4n) is 2.25. The Morgan fingerprint density at radius 1 is 1.47 bits per heavy atom. The van der Waals surface area contributed by atoms with Crippen LogP contribution in [0.3, 0.4) is 0 Å². The average molecular weight is 284 g/mol. The molecule has 19 heavy (non-hydrogen) atoms. The molecule has 6 heteroatoms. The van der Waals surface area contributed by atoms with Crippen LogP contribution in [0.5, 0.6) is 0 Å². The number of carbonyl (C=O) groups is 2. The van der Waals surface area contributed by atoms with Crippen molar-refractivity contribution in [2.75, 3.05) is 13.2 Å². The van der Waals surface area contributed by atoms with Crippen LogP contribution >= 0.6 is 11.6 Å². The molecule has 1 N–H and O–H groups in total. The minimum Gasteiger partial charge on any atom is -0.479 e. The fraction of sp³-hybridized carbons (Fsp3) is 0.385. The molecule has 1 aliphatic heterocycles. The Hall–Kier alpha value is -1.59. The van der Waals surface area contributed by atoms with Gasteiger partial charge in [0.05, 0.1) is 6.04 Å². The number of hydrogen-bond donors (Lipinski definition) is 1. The lowest BCUT2D eigenvalue weighted by Crippen LogP contribution is -2.51. The predicted octanol–water partition coefficient (Wildman–Crippen LogP) is 1.71. The Morgan fingerprint density at radius 3 is 2.63 bits per heavy atom. The molecule has 0 saturated carbocycles. The normalized spacial score (nSPS) is 23.5. The molecule has 0 radical (unpaired) electrons. The molecule has 1 heterocycles. The van der Waals surface area contributed by atoms with Crippen molar-refractivity contribution in [1.82, 2.24) is 4.90 Å². The van der Waals surface area contributed by atoms with E-state index in [0.717, 1.165) is 0 Å². The Balaban J connectivity index is 2.40. The number of halogens is 1. The molecule has 1 fully saturated rings. The van der Waals surface area contributed by atoms with Gasteiger partial charge in [-0.05, 0) is 24.6 Å². The van der Waals surface area contributed by atoms with Crippen molar-refractivity contribution in [3.63, 3.8) is 0 Å². The number of ether oxygens (including phenoxy) is 1. The highest BCUT2D eigenvalue weighted by Crippen LogP contribution is 2.30. The topological polar surface area (TPSA) is 66.8 Å². The quantitative estimate of drug-likeness (QED) is 0.917. The molecule has 0 spiro atoms. The van der Waals surface area contributed by atoms with Crippen molar-refractivity contribution in [1.29, 1.82) is 0 Å². The van der Waals surface area contributed by atoms with Crippen LogP contribution in [0.1, 0.15) is 18.5 Å². The largest absolute Gasteiger partial charge is 0.479 e. The van der Waals surface area contributed by atoms with Crippen LogP contribution in [0.4, 0.5) is 0 Å². The zero-order valence-corrected chi connectivity index (χ0v) is 11.1. The third-order valence-electron chi connectivity index (χ3n) is 3.12. The fourth-order valence-corrected chi connectivity index (χ4v) is 2.37. The zero-order chi connectivity index (χ0) is 14.0. The van der Waals surface area contributed by atoms with Gasteiger partial charge in [0.25, 0.3) is 0 Å². The van der Waals surface area contributed by atoms with E-state index in [-0.39, 0.29) is 12.5 Å². The molecule has 0 aliphatic carbocycles. The number of amides is 1. The van der Waals surface area contributed by atoms with Gasteiger partial charge in [0, 0.05) is 11.6 Å². The van der Waals surface area contributed by atoms with E-state index in [1.54, 1.807) is 24.3 Å². The van der Waals surface area contributed by atoms with Crippen LogP contribution in [0, 0.1) is 0 Å². The first-order chi connectivity index (χ1) is 9.04. The van der Waals surface area contributed by atoms with E-state index in [4.69, 9.17) is 16.3 Å². The molecule has 1 aliphatic rings. The third kappa shape index (κ3) is 2.72. The van der Waals surface area contributed by atoms with E-state index >= 15 is 0 Å². The SMILES string of the molecule is CCN1C(=O)CO[C@@H](C(=O)O)[C@H]1c1ccc(Cl)cc1. The van der Waals surface area contributed by atoms with Gasteiger partial charge in [-0.25, -0.2) is 4.79 Å². The number of likely N-dealkylation sites (N-methyl/N-ethyl adjacent to an activating group) is 1. The van der Waals surface area contributed by atoms with Crippen molar-refractivity contribution in [3.8, 4) is 0 Å². The lowest BCUT2D eigenvalue weighted by molar-refractivity contribution is -0.172. The number of carbonyl (C=O) groups excluding carboxylic acids is 1. The molecule has 0 unspecified atom stereocenters. The molecule has 1 saturated heterocycles. The number of carboxylic acids is 1. The van der Waals surface area contributed by atoms with Crippen molar-refractivity contribution in [2.24, 2.45) is 0 Å². The molecule has 102 valence electrons. The van der Waals surface area contributed by atoms with E-state index in [9.17, 15) is 14.7 Å². The molecular weight excluding hydrogens is 270 g/mol. The smallest absolute Gasteiger partial charge is 0.335 e. The van der Waals surface area contributed by atoms with Crippen molar-refractivity contribution < 1.29 is 19.4 Å². The van der Waals surface area contributed by atoms with Gasteiger partial charge in [-0.3, -0.25) is 4.79 Å². The maximum absolute atomic E-state index is 11.8. The van der Waals surface area contributed by atoms with Crippen LogP contribution < -0.4 is 0 Å². The molecule has 2 atom stereocenters. The summed E-state index contributed by atoms with van der Waals surface area (Å²) < 4.78 is 5.16. The number of morpholine rings is 1. The summed E-state index contributed by atoms with van der Waals surface area (Å²) in [6.07, 6.45) is -1.06. The van der Waals surface area contributed by atoms with E-state index < -0.39 is 18.1 Å². The van der Waals surface area contributed by atoms with Crippen LogP contribution in [0.15, 0.2) is 24.3 Å². The van der Waals surface area contributed by atoms with Gasteiger partial charge in [0.2, 0.25) is 5.91 Å². The maximum atomic E-state index is 11.8. The van der Waals surface area contributed by atoms with Crippen molar-refractivity contribution in [3.05, 3.63) is 34.9 Å². The molecule has 1 aromatic rings. The molecule has 0 bridgehead atoms. The van der Waals surface area contributed by atoms with Gasteiger partial charge in [0.1, 0.15) is 6.61 Å². The summed E-state index contributed by atoms with van der Waals surface area (Å²) in [6.45, 7) is 2.04. The first kappa shape index (κ1) is 13.8. The van der Waals surface area contributed by atoms with Crippen LogP contribution in [-0.4, -0.2) is 41.1 Å². The summed E-state index contributed by atoms with van der Waals surface area (Å²) in [5, 5.41) is 9.79. The number of benzene rings is 1. The number of nitrogens with zero attached hydrogens (tertiary/aromatic N) is 1. The second-order valence-electron chi connectivity index (χ2n) is 4.25. The molecule has 1 aromatic carbocycles. The number of hydrogen-bond acceptors (Lipinski definition) is 3. The maximum Gasteiger partial charge on any atom is 0.335 e. The Labute approximate surface area is 115 Å². The van der Waals surface area contributed by atoms with Gasteiger partial charge >= 0.3 is 5.97 Å². The van der Waals surface area contributed by atoms with Gasteiger partial charge < -0.3 is 14.7 Å². The first-order valence-corrected chi connectivity index (χ1v) is 6.31. The van der Waals surface area contributed by atoms with E-state index in [1.165, 1.54) is 4.90 Å². The second-order valence-corrected chi connectivity index (χ2v) is 4.68. The van der Waals surface area contributed by atoms with E-state index in [2.05, 4.69) is 0 Å². The summed E-state index contributed by atoms with van der Waals surface area (Å²) in [7, 11) is 0. The summed E-state index contributed by atoms with van der Waals surface area (Å²) >= 11 is 5.82. The highest BCUT2D eigenvalue weighted by molar-refractivity contribution is 6.30. The van der Waals surface area contributed by atoms with Crippen molar-refractivity contribution in [2.45, 2.75) is 19.1 Å². The highest BCUT2D eigenvalue weighted by Gasteiger charge is 2.41. The Morgan fingerprint density at radius 2 is 2.11 bits per heavy atom. The van der Waals surface area contributed by atoms with Crippen molar-refractivity contribution >= 4 is 23.5 Å². The highest BCUT2D eigenvalue weighted by atomic mass is 35.5. The van der Waals surface area contributed by atoms with Gasteiger partial charge in [0.15, 0.2) is 6.10 Å². The molecule has 0 aromatic heterocycles. The number of rotatable bonds is 3. The van der Waals surface area contributed by atoms with E-state index in [0.29, 0.717) is 17.1 Å². The zero-order valence-electron chi connectivity index (χ0n) is 10.4. The lowest BCUT2D eigenvalue weighted by atomic mass is 9.98. The van der Waals surface area contributed by atoms with E-state index in [1.807, 2.05) is 6.92 Å². The Bertz CT molecular complexity index is 486. The first-order valence-electron chi connectivity index (χ1n) is 5.94. The lowest BCUT2D eigenvalue weighted by Gasteiger charge is -2.38. The number of aliphatic carboxylic acids is 1. The van der Waals surface area contributed by atoms with Gasteiger partial charge in [-0.1, -0.05) is 23.7 Å². The molecule has 5 nitrogen and oxygen atoms in total. The standard InChI is InChI=1S/C13H14ClNO4/c1-2-15-10(16)7-19-12(13(17)18)11(15)8-3-5-9(14)6-4-8/h3-6,11-12H,2,7H2,1H3,(H,17,18)/t11-,12-/m1/s1. The molecular formula is C13H14ClNO4. The second kappa shape index (κ2) is 5.59. The third-order valence-corrected chi connectivity index (χ3v) is 3.38. The van der Waals surface area contributed by atoms with Gasteiger partial charge in [-0.2, -0.15) is 0 Å². The van der Waals surface area contributed by atoms with Crippen LogP contribution in [-0.2, 0) is 14.3 Å². The molecule has 1 amide bonds. The average Bonchev–Trinajstić information content (AvgIpc) is 2.39. The monoisotopic (exact) mass is 283 g/mol. The van der Waals surface area contributed by atoms with Crippen LogP contribution in [0.25, 0.3) is 0 Å². The molecule has 2 rings (SSSR count). The summed E-state index contributed by atoms with van der Waals surface area (Å²) in [5.74, 6) is -1.29. The number of carboxylic acid groups (broad SMARTS) is 1. The van der Waals surface area contributed by atoms with Crippen LogP contribution in [0.2, 0.25) is 5.02 Å². The summed E-state index contributed by atoms with van der Waals surface area (Å²) in [5.41, 5.74) is 0.701. The summed E-state index contributed by atoms with van der Waals surface area (Å²) in [6, 6.07) is 6.15. The minimum absolute atomic E-state index is 0.200. The Kier molecular flexibility index (Phi) is 4.07. The minimum atomic E-state index is -1.08. The van der Waals surface area contributed by atoms with Gasteiger partial charge in [-0.15, -0.1) is 0 Å².